The van der Waals surface area contributed by atoms with Crippen LogP contribution in [0, 0.1) is 26.6 Å². The number of aryl methyl sites for hydroxylation is 2. The first-order valence-electron chi connectivity index (χ1n) is 14.4. The standard InChI is InChI=1S/C32H39ClFN7O2/c1-20-8-10-25(15-28(20)33)41-22(3)26(21(2)36-41)16-31(42)39(7)13-12-38(6)18-24-19-40(37-35-24)29-17-32(4,5)43-30-11-9-23(34)14-27(29)30/h8-11,14-15,19,29H,12-13,16-18H2,1-7H3/t29-/m0/s1. The molecule has 9 nitrogen and oxygen atoms in total. The number of nitrogens with zero attached hydrogens (tertiary/aromatic N) is 7. The molecule has 0 N–H and O–H groups in total. The Morgan fingerprint density at radius 1 is 1.14 bits per heavy atom. The van der Waals surface area contributed by atoms with Gasteiger partial charge in [0, 0.05) is 54.9 Å². The van der Waals surface area contributed by atoms with E-state index in [9.17, 15) is 9.18 Å². The van der Waals surface area contributed by atoms with E-state index in [1.54, 1.807) is 15.6 Å². The van der Waals surface area contributed by atoms with Crippen LogP contribution in [-0.2, 0) is 17.8 Å². The molecule has 2 aromatic heterocycles. The number of halogens is 2. The van der Waals surface area contributed by atoms with E-state index >= 15 is 0 Å². The first kappa shape index (κ1) is 30.7. The minimum Gasteiger partial charge on any atom is -0.487 e. The molecule has 0 bridgehead atoms. The van der Waals surface area contributed by atoms with Crippen LogP contribution in [0.1, 0.15) is 60.1 Å². The number of aromatic nitrogens is 5. The highest BCUT2D eigenvalue weighted by molar-refractivity contribution is 6.31. The molecule has 1 amide bonds. The van der Waals surface area contributed by atoms with E-state index < -0.39 is 5.60 Å². The van der Waals surface area contributed by atoms with Crippen molar-refractivity contribution in [1.82, 2.24) is 34.6 Å². The Hall–Kier alpha value is -3.76. The quantitative estimate of drug-likeness (QED) is 0.251. The highest BCUT2D eigenvalue weighted by atomic mass is 35.5. The molecule has 1 atom stereocenters. The third kappa shape index (κ3) is 6.75. The molecule has 3 heterocycles. The summed E-state index contributed by atoms with van der Waals surface area (Å²) in [5, 5.41) is 14.1. The molecule has 0 radical (unpaired) electrons. The third-order valence-corrected chi connectivity index (χ3v) is 8.53. The summed E-state index contributed by atoms with van der Waals surface area (Å²) in [7, 11) is 3.81. The predicted octanol–water partition coefficient (Wildman–Crippen LogP) is 5.46. The van der Waals surface area contributed by atoms with Crippen LogP contribution in [0.2, 0.25) is 5.02 Å². The summed E-state index contributed by atoms with van der Waals surface area (Å²) >= 11 is 6.34. The molecule has 2 aromatic carbocycles. The van der Waals surface area contributed by atoms with Crippen LogP contribution in [0.15, 0.2) is 42.6 Å². The van der Waals surface area contributed by atoms with Crippen LogP contribution in [0.25, 0.3) is 5.69 Å². The number of benzene rings is 2. The molecule has 0 saturated heterocycles. The lowest BCUT2D eigenvalue weighted by molar-refractivity contribution is -0.129. The number of ether oxygens (including phenoxy) is 1. The van der Waals surface area contributed by atoms with Crippen molar-refractivity contribution in [2.75, 3.05) is 27.2 Å². The second-order valence-electron chi connectivity index (χ2n) is 12.2. The molecule has 0 unspecified atom stereocenters. The minimum absolute atomic E-state index is 0.0278. The molecule has 0 saturated carbocycles. The van der Waals surface area contributed by atoms with E-state index in [0.717, 1.165) is 39.5 Å². The second-order valence-corrected chi connectivity index (χ2v) is 12.6. The molecule has 0 spiro atoms. The second kappa shape index (κ2) is 12.1. The smallest absolute Gasteiger partial charge is 0.226 e. The Balaban J connectivity index is 1.18. The maximum absolute atomic E-state index is 14.1. The molecule has 228 valence electrons. The van der Waals surface area contributed by atoms with Crippen LogP contribution in [-0.4, -0.2) is 73.3 Å². The molecular weight excluding hydrogens is 569 g/mol. The average Bonchev–Trinajstić information content (AvgIpc) is 3.52. The van der Waals surface area contributed by atoms with E-state index in [1.165, 1.54) is 12.1 Å². The van der Waals surface area contributed by atoms with E-state index in [2.05, 4.69) is 20.3 Å². The van der Waals surface area contributed by atoms with Gasteiger partial charge >= 0.3 is 0 Å². The van der Waals surface area contributed by atoms with Gasteiger partial charge in [-0.2, -0.15) is 5.10 Å². The normalized spacial score (nSPS) is 15.8. The number of amides is 1. The number of likely N-dealkylation sites (N-methyl/N-ethyl adjacent to an activating group) is 2. The zero-order valence-corrected chi connectivity index (χ0v) is 26.6. The van der Waals surface area contributed by atoms with Crippen molar-refractivity contribution < 1.29 is 13.9 Å². The van der Waals surface area contributed by atoms with Crippen LogP contribution in [0.4, 0.5) is 4.39 Å². The van der Waals surface area contributed by atoms with Gasteiger partial charge in [-0.15, -0.1) is 5.10 Å². The van der Waals surface area contributed by atoms with Crippen molar-refractivity contribution in [3.63, 3.8) is 0 Å². The van der Waals surface area contributed by atoms with E-state index in [-0.39, 0.29) is 24.2 Å². The predicted molar refractivity (Wildman–Crippen MR) is 164 cm³/mol. The summed E-state index contributed by atoms with van der Waals surface area (Å²) in [4.78, 5) is 17.0. The number of fused-ring (bicyclic) bond motifs is 1. The topological polar surface area (TPSA) is 81.3 Å². The zero-order chi connectivity index (χ0) is 31.1. The molecule has 4 aromatic rings. The Bertz CT molecular complexity index is 1650. The van der Waals surface area contributed by atoms with Gasteiger partial charge in [-0.1, -0.05) is 22.9 Å². The summed E-state index contributed by atoms with van der Waals surface area (Å²) < 4.78 is 23.8. The number of carbonyl (C=O) groups excluding carboxylic acids is 1. The van der Waals surface area contributed by atoms with Crippen LogP contribution in [0.3, 0.4) is 0 Å². The Morgan fingerprint density at radius 3 is 2.65 bits per heavy atom. The highest BCUT2D eigenvalue weighted by Crippen LogP contribution is 2.41. The summed E-state index contributed by atoms with van der Waals surface area (Å²) in [6.45, 7) is 11.7. The minimum atomic E-state index is -0.417. The number of carbonyl (C=O) groups is 1. The lowest BCUT2D eigenvalue weighted by Gasteiger charge is -2.37. The van der Waals surface area contributed by atoms with Crippen molar-refractivity contribution in [2.45, 2.75) is 65.6 Å². The van der Waals surface area contributed by atoms with Crippen molar-refractivity contribution >= 4 is 17.5 Å². The molecule has 0 fully saturated rings. The fourth-order valence-corrected chi connectivity index (χ4v) is 5.72. The summed E-state index contributed by atoms with van der Waals surface area (Å²) in [5.74, 6) is 0.392. The van der Waals surface area contributed by atoms with Gasteiger partial charge in [0.25, 0.3) is 0 Å². The van der Waals surface area contributed by atoms with Gasteiger partial charge in [0.05, 0.1) is 35.7 Å². The molecule has 43 heavy (non-hydrogen) atoms. The van der Waals surface area contributed by atoms with E-state index in [1.807, 2.05) is 77.8 Å². The SMILES string of the molecule is Cc1ccc(-n2nc(C)c(CC(=O)N(C)CCN(C)Cc3cn([C@H]4CC(C)(C)Oc5ccc(F)cc54)nn3)c2C)cc1Cl. The number of hydrogen-bond acceptors (Lipinski definition) is 6. The van der Waals surface area contributed by atoms with Crippen molar-refractivity contribution in [2.24, 2.45) is 0 Å². The van der Waals surface area contributed by atoms with Crippen LogP contribution in [0.5, 0.6) is 5.75 Å². The first-order valence-corrected chi connectivity index (χ1v) is 14.8. The molecule has 1 aliphatic rings. The van der Waals surface area contributed by atoms with Gasteiger partial charge in [-0.05, 0) is 77.6 Å². The fraction of sp³-hybridized carbons (Fsp3) is 0.438. The van der Waals surface area contributed by atoms with Gasteiger partial charge in [0.15, 0.2) is 0 Å². The summed E-state index contributed by atoms with van der Waals surface area (Å²) in [6, 6.07) is 10.3. The van der Waals surface area contributed by atoms with E-state index in [0.29, 0.717) is 36.8 Å². The lowest BCUT2D eigenvalue weighted by atomic mass is 9.90. The van der Waals surface area contributed by atoms with Crippen molar-refractivity contribution in [3.05, 3.63) is 87.2 Å². The maximum atomic E-state index is 14.1. The van der Waals surface area contributed by atoms with Crippen LogP contribution >= 0.6 is 11.6 Å². The average molecular weight is 608 g/mol. The molecule has 11 heteroatoms. The molecule has 5 rings (SSSR count). The maximum Gasteiger partial charge on any atom is 0.226 e. The van der Waals surface area contributed by atoms with Gasteiger partial charge in [0.1, 0.15) is 17.2 Å². The monoisotopic (exact) mass is 607 g/mol. The third-order valence-electron chi connectivity index (χ3n) is 8.12. The Kier molecular flexibility index (Phi) is 8.63. The zero-order valence-electron chi connectivity index (χ0n) is 25.9. The molecular formula is C32H39ClFN7O2. The van der Waals surface area contributed by atoms with Crippen molar-refractivity contribution in [1.29, 1.82) is 0 Å². The summed E-state index contributed by atoms with van der Waals surface area (Å²) in [5.41, 5.74) is 5.71. The van der Waals surface area contributed by atoms with Gasteiger partial charge in [-0.25, -0.2) is 13.8 Å². The summed E-state index contributed by atoms with van der Waals surface area (Å²) in [6.07, 6.45) is 2.83. The Morgan fingerprint density at radius 2 is 1.91 bits per heavy atom. The lowest BCUT2D eigenvalue weighted by Crippen LogP contribution is -2.37. The molecule has 0 aliphatic carbocycles. The van der Waals surface area contributed by atoms with Gasteiger partial charge in [0.2, 0.25) is 5.91 Å². The van der Waals surface area contributed by atoms with Crippen LogP contribution < -0.4 is 4.74 Å². The largest absolute Gasteiger partial charge is 0.487 e. The van der Waals surface area contributed by atoms with E-state index in [4.69, 9.17) is 16.3 Å². The fourth-order valence-electron chi connectivity index (χ4n) is 5.54. The van der Waals surface area contributed by atoms with Crippen molar-refractivity contribution in [3.8, 4) is 11.4 Å². The van der Waals surface area contributed by atoms with Gasteiger partial charge < -0.3 is 9.64 Å². The number of rotatable bonds is 9. The molecule has 1 aliphatic heterocycles. The van der Waals surface area contributed by atoms with Gasteiger partial charge in [-0.3, -0.25) is 9.69 Å². The Labute approximate surface area is 257 Å². The highest BCUT2D eigenvalue weighted by Gasteiger charge is 2.35. The number of hydrogen-bond donors (Lipinski definition) is 0. The first-order chi connectivity index (χ1) is 20.3.